The Morgan fingerprint density at radius 3 is 2.83 bits per heavy atom. The Balaban J connectivity index is 1.63. The van der Waals surface area contributed by atoms with Gasteiger partial charge < -0.3 is 24.7 Å². The van der Waals surface area contributed by atoms with Crippen LogP contribution in [-0.4, -0.2) is 24.8 Å². The van der Waals surface area contributed by atoms with Gasteiger partial charge in [-0.1, -0.05) is 0 Å². The lowest BCUT2D eigenvalue weighted by molar-refractivity contribution is -0.608. The van der Waals surface area contributed by atoms with Crippen LogP contribution in [0.15, 0.2) is 42.6 Å². The zero-order chi connectivity index (χ0) is 17.1. The van der Waals surface area contributed by atoms with Crippen LogP contribution in [0.3, 0.4) is 0 Å². The minimum Gasteiger partial charge on any atom is -0.618 e. The average molecular weight is 330 g/mol. The molecule has 0 fully saturated rings. The number of hydrogen-bond acceptors (Lipinski definition) is 6. The van der Waals surface area contributed by atoms with Crippen LogP contribution in [0, 0.1) is 5.21 Å². The standard InChI is InChI=1S/C16H14N2O6/c1-10(24-16(20)12-4-2-3-7-18(12)21)15(19)17-11-5-6-13-14(8-11)23-9-22-13/h2-8,10H,9H2,1H3,(H,17,19)/t10-/m0/s1. The second-order valence-electron chi connectivity index (χ2n) is 5.02. The predicted octanol–water partition coefficient (Wildman–Crippen LogP) is 1.23. The molecule has 1 N–H and O–H groups in total. The minimum atomic E-state index is -1.08. The van der Waals surface area contributed by atoms with Crippen LogP contribution in [0.2, 0.25) is 0 Å². The molecule has 8 nitrogen and oxygen atoms in total. The van der Waals surface area contributed by atoms with Crippen molar-refractivity contribution in [2.24, 2.45) is 0 Å². The van der Waals surface area contributed by atoms with Crippen molar-refractivity contribution in [2.45, 2.75) is 13.0 Å². The molecule has 2 heterocycles. The van der Waals surface area contributed by atoms with Crippen LogP contribution in [0.5, 0.6) is 11.5 Å². The fourth-order valence-electron chi connectivity index (χ4n) is 2.08. The molecule has 0 unspecified atom stereocenters. The number of nitrogens with one attached hydrogen (secondary N) is 1. The maximum absolute atomic E-state index is 12.1. The molecule has 1 aliphatic heterocycles. The van der Waals surface area contributed by atoms with Crippen molar-refractivity contribution in [3.8, 4) is 11.5 Å². The number of pyridine rings is 1. The lowest BCUT2D eigenvalue weighted by atomic mass is 10.2. The molecule has 8 heteroatoms. The van der Waals surface area contributed by atoms with E-state index in [0.29, 0.717) is 21.9 Å². The molecule has 1 aromatic carbocycles. The molecule has 0 aliphatic carbocycles. The minimum absolute atomic E-state index is 0.132. The van der Waals surface area contributed by atoms with E-state index in [1.807, 2.05) is 0 Å². The van der Waals surface area contributed by atoms with E-state index in [1.165, 1.54) is 31.3 Å². The number of esters is 1. The van der Waals surface area contributed by atoms with E-state index >= 15 is 0 Å². The van der Waals surface area contributed by atoms with Crippen LogP contribution in [0.25, 0.3) is 0 Å². The van der Waals surface area contributed by atoms with E-state index in [4.69, 9.17) is 14.2 Å². The molecular weight excluding hydrogens is 316 g/mol. The molecule has 0 saturated heterocycles. The van der Waals surface area contributed by atoms with Gasteiger partial charge in [0.15, 0.2) is 23.8 Å². The molecule has 1 atom stereocenters. The summed E-state index contributed by atoms with van der Waals surface area (Å²) in [6, 6.07) is 9.25. The maximum atomic E-state index is 12.1. The summed E-state index contributed by atoms with van der Waals surface area (Å²) in [5, 5.41) is 14.1. The van der Waals surface area contributed by atoms with E-state index in [2.05, 4.69) is 5.32 Å². The van der Waals surface area contributed by atoms with E-state index < -0.39 is 18.0 Å². The molecule has 0 bridgehead atoms. The number of carbonyl (C=O) groups excluding carboxylic acids is 2. The van der Waals surface area contributed by atoms with E-state index in [0.717, 1.165) is 0 Å². The van der Waals surface area contributed by atoms with Gasteiger partial charge in [0, 0.05) is 23.9 Å². The number of amides is 1. The summed E-state index contributed by atoms with van der Waals surface area (Å²) in [4.78, 5) is 24.0. The van der Waals surface area contributed by atoms with Gasteiger partial charge in [-0.2, -0.15) is 4.73 Å². The first-order valence-electron chi connectivity index (χ1n) is 7.14. The number of hydrogen-bond donors (Lipinski definition) is 1. The SMILES string of the molecule is C[C@H](OC(=O)c1cccc[n+]1[O-])C(=O)Nc1ccc2c(c1)OCO2. The molecule has 24 heavy (non-hydrogen) atoms. The summed E-state index contributed by atoms with van der Waals surface area (Å²) in [6.45, 7) is 1.55. The highest BCUT2D eigenvalue weighted by atomic mass is 16.7. The smallest absolute Gasteiger partial charge is 0.405 e. The molecule has 1 amide bonds. The maximum Gasteiger partial charge on any atom is 0.405 e. The van der Waals surface area contributed by atoms with Gasteiger partial charge in [-0.05, 0) is 25.1 Å². The van der Waals surface area contributed by atoms with Crippen molar-refractivity contribution >= 4 is 17.6 Å². The Morgan fingerprint density at radius 1 is 1.25 bits per heavy atom. The van der Waals surface area contributed by atoms with Gasteiger partial charge in [-0.3, -0.25) is 4.79 Å². The highest BCUT2D eigenvalue weighted by molar-refractivity contribution is 5.96. The second-order valence-corrected chi connectivity index (χ2v) is 5.02. The largest absolute Gasteiger partial charge is 0.618 e. The van der Waals surface area contributed by atoms with Gasteiger partial charge in [0.1, 0.15) is 0 Å². The number of fused-ring (bicyclic) bond motifs is 1. The number of benzene rings is 1. The number of nitrogens with zero attached hydrogens (tertiary/aromatic N) is 1. The van der Waals surface area contributed by atoms with Crippen molar-refractivity contribution in [1.82, 2.24) is 0 Å². The third-order valence-corrected chi connectivity index (χ3v) is 3.33. The van der Waals surface area contributed by atoms with Crippen molar-refractivity contribution < 1.29 is 28.5 Å². The van der Waals surface area contributed by atoms with Gasteiger partial charge in [0.25, 0.3) is 5.91 Å². The first kappa shape index (κ1) is 15.6. The molecule has 0 saturated carbocycles. The fraction of sp³-hybridized carbons (Fsp3) is 0.188. The normalized spacial score (nSPS) is 13.2. The summed E-state index contributed by atoms with van der Waals surface area (Å²) in [5.74, 6) is -0.291. The van der Waals surface area contributed by atoms with E-state index in [9.17, 15) is 14.8 Å². The molecule has 3 rings (SSSR count). The zero-order valence-electron chi connectivity index (χ0n) is 12.7. The molecule has 124 valence electrons. The van der Waals surface area contributed by atoms with Crippen LogP contribution >= 0.6 is 0 Å². The monoisotopic (exact) mass is 330 g/mol. The lowest BCUT2D eigenvalue weighted by Crippen LogP contribution is -2.37. The quantitative estimate of drug-likeness (QED) is 0.514. The Bertz CT molecular complexity index is 792. The van der Waals surface area contributed by atoms with Crippen LogP contribution in [0.1, 0.15) is 17.4 Å². The Kier molecular flexibility index (Phi) is 4.19. The summed E-state index contributed by atoms with van der Waals surface area (Å²) in [7, 11) is 0. The molecular formula is C16H14N2O6. The molecule has 0 spiro atoms. The predicted molar refractivity (Wildman–Crippen MR) is 81.5 cm³/mol. The topological polar surface area (TPSA) is 101 Å². The van der Waals surface area contributed by atoms with Gasteiger partial charge in [-0.25, -0.2) is 4.79 Å². The number of aromatic nitrogens is 1. The second kappa shape index (κ2) is 6.45. The van der Waals surface area contributed by atoms with Crippen molar-refractivity contribution in [2.75, 3.05) is 12.1 Å². The third-order valence-electron chi connectivity index (χ3n) is 3.33. The summed E-state index contributed by atoms with van der Waals surface area (Å²) >= 11 is 0. The summed E-state index contributed by atoms with van der Waals surface area (Å²) in [6.07, 6.45) is 0.0941. The highest BCUT2D eigenvalue weighted by Gasteiger charge is 2.24. The highest BCUT2D eigenvalue weighted by Crippen LogP contribution is 2.34. The van der Waals surface area contributed by atoms with Crippen LogP contribution in [0.4, 0.5) is 5.69 Å². The molecule has 2 aromatic rings. The zero-order valence-corrected chi connectivity index (χ0v) is 12.7. The third kappa shape index (κ3) is 3.22. The molecule has 0 radical (unpaired) electrons. The fourth-order valence-corrected chi connectivity index (χ4v) is 2.08. The Labute approximate surface area is 137 Å². The van der Waals surface area contributed by atoms with Crippen molar-refractivity contribution in [3.05, 3.63) is 53.5 Å². The first-order valence-corrected chi connectivity index (χ1v) is 7.14. The van der Waals surface area contributed by atoms with Crippen LogP contribution in [-0.2, 0) is 9.53 Å². The number of rotatable bonds is 4. The van der Waals surface area contributed by atoms with E-state index in [1.54, 1.807) is 18.2 Å². The van der Waals surface area contributed by atoms with Crippen molar-refractivity contribution in [3.63, 3.8) is 0 Å². The number of anilines is 1. The average Bonchev–Trinajstić information content (AvgIpc) is 3.02. The summed E-state index contributed by atoms with van der Waals surface area (Å²) < 4.78 is 15.8. The molecule has 1 aliphatic rings. The summed E-state index contributed by atoms with van der Waals surface area (Å²) in [5.41, 5.74) is 0.283. The molecule has 1 aromatic heterocycles. The van der Waals surface area contributed by atoms with E-state index in [-0.39, 0.29) is 12.5 Å². The Hall–Kier alpha value is -3.29. The van der Waals surface area contributed by atoms with Gasteiger partial charge in [0.05, 0.1) is 0 Å². The Morgan fingerprint density at radius 2 is 2.04 bits per heavy atom. The van der Waals surface area contributed by atoms with Crippen molar-refractivity contribution in [1.29, 1.82) is 0 Å². The van der Waals surface area contributed by atoms with Gasteiger partial charge in [-0.15, -0.1) is 0 Å². The number of carbonyl (C=O) groups is 2. The van der Waals surface area contributed by atoms with Gasteiger partial charge in [0.2, 0.25) is 6.79 Å². The number of ether oxygens (including phenoxy) is 3. The lowest BCUT2D eigenvalue weighted by Gasteiger charge is -2.13. The van der Waals surface area contributed by atoms with Crippen LogP contribution < -0.4 is 19.5 Å². The van der Waals surface area contributed by atoms with Gasteiger partial charge >= 0.3 is 11.7 Å². The first-order chi connectivity index (χ1) is 11.5.